The van der Waals surface area contributed by atoms with E-state index in [0.717, 1.165) is 22.8 Å². The van der Waals surface area contributed by atoms with E-state index >= 15 is 0 Å². The highest BCUT2D eigenvalue weighted by molar-refractivity contribution is 5.95. The summed E-state index contributed by atoms with van der Waals surface area (Å²) in [7, 11) is 0. The van der Waals surface area contributed by atoms with Crippen molar-refractivity contribution in [1.82, 2.24) is 9.88 Å². The highest BCUT2D eigenvalue weighted by atomic mass is 16.3. The molecule has 1 aromatic carbocycles. The molecule has 23 heavy (non-hydrogen) atoms. The van der Waals surface area contributed by atoms with E-state index in [1.54, 1.807) is 6.26 Å². The van der Waals surface area contributed by atoms with Crippen LogP contribution < -0.4 is 5.32 Å². The number of amides is 1. The number of carbonyl (C=O) groups excluding carboxylic acids is 1. The minimum atomic E-state index is -0.0492. The fourth-order valence-corrected chi connectivity index (χ4v) is 2.82. The number of carbonyl (C=O) groups is 1. The third-order valence-corrected chi connectivity index (χ3v) is 3.93. The van der Waals surface area contributed by atoms with Crippen molar-refractivity contribution in [2.24, 2.45) is 0 Å². The Labute approximate surface area is 135 Å². The number of hydrogen-bond acceptors (Lipinski definition) is 2. The van der Waals surface area contributed by atoms with E-state index in [-0.39, 0.29) is 5.91 Å². The Kier molecular flexibility index (Phi) is 4.33. The molecule has 0 aliphatic carbocycles. The summed E-state index contributed by atoms with van der Waals surface area (Å²) in [4.78, 5) is 12.4. The summed E-state index contributed by atoms with van der Waals surface area (Å²) in [5, 5.41) is 2.96. The molecule has 2 heterocycles. The molecule has 2 aromatic heterocycles. The van der Waals surface area contributed by atoms with Gasteiger partial charge in [-0.2, -0.15) is 0 Å². The largest absolute Gasteiger partial charge is 0.469 e. The predicted molar refractivity (Wildman–Crippen MR) is 90.0 cm³/mol. The van der Waals surface area contributed by atoms with Crippen molar-refractivity contribution in [3.05, 3.63) is 77.5 Å². The topological polar surface area (TPSA) is 47.2 Å². The molecule has 0 spiro atoms. The molecule has 4 nitrogen and oxygen atoms in total. The van der Waals surface area contributed by atoms with Crippen LogP contribution in [0, 0.1) is 13.8 Å². The van der Waals surface area contributed by atoms with Gasteiger partial charge in [0.1, 0.15) is 5.76 Å². The van der Waals surface area contributed by atoms with Crippen LogP contribution in [0.2, 0.25) is 0 Å². The lowest BCUT2D eigenvalue weighted by atomic mass is 10.2. The van der Waals surface area contributed by atoms with Crippen LogP contribution in [0.15, 0.2) is 59.2 Å². The summed E-state index contributed by atoms with van der Waals surface area (Å²) in [6, 6.07) is 15.8. The molecule has 3 aromatic rings. The first-order valence-electron chi connectivity index (χ1n) is 7.72. The first kappa shape index (κ1) is 15.2. The molecular formula is C19H20N2O2. The van der Waals surface area contributed by atoms with Gasteiger partial charge in [-0.3, -0.25) is 4.79 Å². The van der Waals surface area contributed by atoms with Crippen LogP contribution in [-0.4, -0.2) is 17.0 Å². The summed E-state index contributed by atoms with van der Waals surface area (Å²) in [5.74, 6) is 0.826. The fraction of sp³-hybridized carbons (Fsp3) is 0.211. The molecule has 0 atom stereocenters. The summed E-state index contributed by atoms with van der Waals surface area (Å²) in [5.41, 5.74) is 3.78. The number of para-hydroxylation sites is 1. The third-order valence-electron chi connectivity index (χ3n) is 3.93. The SMILES string of the molecule is Cc1cc(C(=O)NCCc2ccco2)c(C)n1-c1ccccc1. The maximum atomic E-state index is 12.4. The van der Waals surface area contributed by atoms with Crippen LogP contribution in [0.5, 0.6) is 0 Å². The van der Waals surface area contributed by atoms with Gasteiger partial charge < -0.3 is 14.3 Å². The van der Waals surface area contributed by atoms with Gasteiger partial charge in [0.2, 0.25) is 0 Å². The van der Waals surface area contributed by atoms with Crippen LogP contribution in [0.25, 0.3) is 5.69 Å². The van der Waals surface area contributed by atoms with E-state index in [0.29, 0.717) is 18.5 Å². The summed E-state index contributed by atoms with van der Waals surface area (Å²) < 4.78 is 7.37. The molecular weight excluding hydrogens is 288 g/mol. The van der Waals surface area contributed by atoms with Gasteiger partial charge in [-0.25, -0.2) is 0 Å². The fourth-order valence-electron chi connectivity index (χ4n) is 2.82. The van der Waals surface area contributed by atoms with Crippen molar-refractivity contribution in [3.8, 4) is 5.69 Å². The number of nitrogens with zero attached hydrogens (tertiary/aromatic N) is 1. The zero-order valence-electron chi connectivity index (χ0n) is 13.4. The van der Waals surface area contributed by atoms with Crippen LogP contribution in [-0.2, 0) is 6.42 Å². The zero-order chi connectivity index (χ0) is 16.2. The van der Waals surface area contributed by atoms with Crippen LogP contribution >= 0.6 is 0 Å². The van der Waals surface area contributed by atoms with Gasteiger partial charge in [-0.05, 0) is 44.2 Å². The molecule has 3 rings (SSSR count). The van der Waals surface area contributed by atoms with E-state index < -0.39 is 0 Å². The second-order valence-corrected chi connectivity index (χ2v) is 5.54. The molecule has 0 radical (unpaired) electrons. The van der Waals surface area contributed by atoms with Gasteiger partial charge in [0.05, 0.1) is 11.8 Å². The molecule has 118 valence electrons. The number of aryl methyl sites for hydroxylation is 1. The number of nitrogens with one attached hydrogen (secondary N) is 1. The second kappa shape index (κ2) is 6.57. The van der Waals surface area contributed by atoms with Crippen molar-refractivity contribution in [1.29, 1.82) is 0 Å². The smallest absolute Gasteiger partial charge is 0.253 e. The Morgan fingerprint density at radius 3 is 2.61 bits per heavy atom. The molecule has 4 heteroatoms. The molecule has 0 aliphatic rings. The van der Waals surface area contributed by atoms with E-state index in [1.807, 2.05) is 62.4 Å². The molecule has 0 aliphatic heterocycles. The Bertz CT molecular complexity index is 786. The highest BCUT2D eigenvalue weighted by Crippen LogP contribution is 2.20. The monoisotopic (exact) mass is 308 g/mol. The average Bonchev–Trinajstić information content (AvgIpc) is 3.16. The summed E-state index contributed by atoms with van der Waals surface area (Å²) in [6.45, 7) is 4.54. The van der Waals surface area contributed by atoms with Crippen molar-refractivity contribution >= 4 is 5.91 Å². The van der Waals surface area contributed by atoms with Crippen molar-refractivity contribution < 1.29 is 9.21 Å². The minimum absolute atomic E-state index is 0.0492. The maximum Gasteiger partial charge on any atom is 0.253 e. The highest BCUT2D eigenvalue weighted by Gasteiger charge is 2.16. The number of benzene rings is 1. The van der Waals surface area contributed by atoms with Crippen LogP contribution in [0.1, 0.15) is 27.5 Å². The first-order valence-corrected chi connectivity index (χ1v) is 7.72. The minimum Gasteiger partial charge on any atom is -0.469 e. The lowest BCUT2D eigenvalue weighted by molar-refractivity contribution is 0.0953. The van der Waals surface area contributed by atoms with Crippen molar-refractivity contribution in [3.63, 3.8) is 0 Å². The third kappa shape index (κ3) is 3.21. The first-order chi connectivity index (χ1) is 11.2. The van der Waals surface area contributed by atoms with Crippen molar-refractivity contribution in [2.45, 2.75) is 20.3 Å². The van der Waals surface area contributed by atoms with Gasteiger partial charge >= 0.3 is 0 Å². The van der Waals surface area contributed by atoms with Gasteiger partial charge in [-0.1, -0.05) is 18.2 Å². The Morgan fingerprint density at radius 2 is 1.91 bits per heavy atom. The maximum absolute atomic E-state index is 12.4. The van der Waals surface area contributed by atoms with Crippen LogP contribution in [0.3, 0.4) is 0 Å². The standard InChI is InChI=1S/C19H20N2O2/c1-14-13-18(15(2)21(14)16-7-4-3-5-8-16)19(22)20-11-10-17-9-6-12-23-17/h3-9,12-13H,10-11H2,1-2H3,(H,20,22). The van der Waals surface area contributed by atoms with Gasteiger partial charge in [0, 0.05) is 30.0 Å². The lowest BCUT2D eigenvalue weighted by Gasteiger charge is -2.09. The number of furan rings is 1. The number of rotatable bonds is 5. The predicted octanol–water partition coefficient (Wildman–Crippen LogP) is 3.66. The zero-order valence-corrected chi connectivity index (χ0v) is 13.4. The second-order valence-electron chi connectivity index (χ2n) is 5.54. The summed E-state index contributed by atoms with van der Waals surface area (Å²) in [6.07, 6.45) is 2.33. The molecule has 0 bridgehead atoms. The number of aromatic nitrogens is 1. The molecule has 0 fully saturated rings. The Hall–Kier alpha value is -2.75. The molecule has 0 saturated carbocycles. The van der Waals surface area contributed by atoms with Gasteiger partial charge in [0.15, 0.2) is 0 Å². The normalized spacial score (nSPS) is 10.7. The molecule has 0 unspecified atom stereocenters. The Balaban J connectivity index is 1.74. The molecule has 1 amide bonds. The average molecular weight is 308 g/mol. The van der Waals surface area contributed by atoms with Crippen LogP contribution in [0.4, 0.5) is 0 Å². The van der Waals surface area contributed by atoms with E-state index in [1.165, 1.54) is 0 Å². The van der Waals surface area contributed by atoms with Gasteiger partial charge in [0.25, 0.3) is 5.91 Å². The van der Waals surface area contributed by atoms with E-state index in [9.17, 15) is 4.79 Å². The quantitative estimate of drug-likeness (QED) is 0.782. The van der Waals surface area contributed by atoms with E-state index in [4.69, 9.17) is 4.42 Å². The lowest BCUT2D eigenvalue weighted by Crippen LogP contribution is -2.26. The van der Waals surface area contributed by atoms with Gasteiger partial charge in [-0.15, -0.1) is 0 Å². The molecule has 1 N–H and O–H groups in total. The molecule has 0 saturated heterocycles. The number of hydrogen-bond donors (Lipinski definition) is 1. The van der Waals surface area contributed by atoms with E-state index in [2.05, 4.69) is 9.88 Å². The summed E-state index contributed by atoms with van der Waals surface area (Å²) >= 11 is 0. The van der Waals surface area contributed by atoms with Crippen molar-refractivity contribution in [2.75, 3.05) is 6.54 Å². The Morgan fingerprint density at radius 1 is 1.13 bits per heavy atom.